The Morgan fingerprint density at radius 2 is 2.11 bits per heavy atom. The smallest absolute Gasteiger partial charge is 0.244 e. The summed E-state index contributed by atoms with van der Waals surface area (Å²) in [4.78, 5) is 13.8. The maximum Gasteiger partial charge on any atom is 0.244 e. The average molecular weight is 252 g/mol. The molecule has 0 saturated carbocycles. The summed E-state index contributed by atoms with van der Waals surface area (Å²) in [6.45, 7) is 6.27. The van der Waals surface area contributed by atoms with Crippen molar-refractivity contribution in [2.75, 3.05) is 11.4 Å². The number of halogens is 1. The van der Waals surface area contributed by atoms with Gasteiger partial charge in [-0.2, -0.15) is 0 Å². The van der Waals surface area contributed by atoms with Crippen LogP contribution in [0.1, 0.15) is 27.2 Å². The fourth-order valence-electron chi connectivity index (χ4n) is 1.79. The minimum atomic E-state index is -0.543. The van der Waals surface area contributed by atoms with Crippen LogP contribution in [0.2, 0.25) is 0 Å². The molecule has 0 aliphatic rings. The zero-order chi connectivity index (χ0) is 13.7. The van der Waals surface area contributed by atoms with Crippen LogP contribution in [0.5, 0.6) is 0 Å². The standard InChI is InChI=1S/C14H21FN2O/c1-4-10(3)13(16)14(18)17(5-2)12-8-6-7-11(15)9-12/h6-10,13H,4-5,16H2,1-3H3. The largest absolute Gasteiger partial charge is 0.320 e. The lowest BCUT2D eigenvalue weighted by atomic mass is 9.98. The second kappa shape index (κ2) is 6.50. The summed E-state index contributed by atoms with van der Waals surface area (Å²) in [7, 11) is 0. The Morgan fingerprint density at radius 3 is 2.61 bits per heavy atom. The first-order valence-corrected chi connectivity index (χ1v) is 6.33. The van der Waals surface area contributed by atoms with Gasteiger partial charge in [-0.05, 0) is 31.0 Å². The molecular weight excluding hydrogens is 231 g/mol. The van der Waals surface area contributed by atoms with Crippen molar-refractivity contribution in [1.82, 2.24) is 0 Å². The van der Waals surface area contributed by atoms with Gasteiger partial charge in [-0.1, -0.05) is 26.3 Å². The van der Waals surface area contributed by atoms with Crippen molar-refractivity contribution in [3.63, 3.8) is 0 Å². The third kappa shape index (κ3) is 3.29. The topological polar surface area (TPSA) is 46.3 Å². The predicted molar refractivity (Wildman–Crippen MR) is 71.9 cm³/mol. The third-order valence-electron chi connectivity index (χ3n) is 3.24. The number of hydrogen-bond donors (Lipinski definition) is 1. The maximum absolute atomic E-state index is 13.2. The molecular formula is C14H21FN2O. The van der Waals surface area contributed by atoms with E-state index in [0.717, 1.165) is 6.42 Å². The van der Waals surface area contributed by atoms with Gasteiger partial charge >= 0.3 is 0 Å². The SMILES string of the molecule is CCC(C)C(N)C(=O)N(CC)c1cccc(F)c1. The molecule has 3 nitrogen and oxygen atoms in total. The summed E-state index contributed by atoms with van der Waals surface area (Å²) in [6.07, 6.45) is 0.841. The van der Waals surface area contributed by atoms with Gasteiger partial charge < -0.3 is 10.6 Å². The summed E-state index contributed by atoms with van der Waals surface area (Å²) < 4.78 is 13.2. The Balaban J connectivity index is 2.93. The Kier molecular flexibility index (Phi) is 5.28. The zero-order valence-corrected chi connectivity index (χ0v) is 11.2. The van der Waals surface area contributed by atoms with Crippen LogP contribution in [0.3, 0.4) is 0 Å². The number of likely N-dealkylation sites (N-methyl/N-ethyl adjacent to an activating group) is 1. The van der Waals surface area contributed by atoms with Crippen molar-refractivity contribution >= 4 is 11.6 Å². The molecule has 2 N–H and O–H groups in total. The van der Waals surface area contributed by atoms with Gasteiger partial charge in [0.15, 0.2) is 0 Å². The van der Waals surface area contributed by atoms with E-state index in [0.29, 0.717) is 12.2 Å². The highest BCUT2D eigenvalue weighted by Crippen LogP contribution is 2.18. The van der Waals surface area contributed by atoms with Crippen LogP contribution in [0.15, 0.2) is 24.3 Å². The second-order valence-corrected chi connectivity index (χ2v) is 4.47. The van der Waals surface area contributed by atoms with E-state index in [9.17, 15) is 9.18 Å². The molecule has 2 atom stereocenters. The number of hydrogen-bond acceptors (Lipinski definition) is 2. The molecule has 1 rings (SSSR count). The van der Waals surface area contributed by atoms with E-state index in [2.05, 4.69) is 0 Å². The molecule has 1 aromatic rings. The van der Waals surface area contributed by atoms with Gasteiger partial charge in [-0.25, -0.2) is 4.39 Å². The molecule has 0 aliphatic carbocycles. The number of carbonyl (C=O) groups is 1. The van der Waals surface area contributed by atoms with Crippen LogP contribution in [-0.2, 0) is 4.79 Å². The van der Waals surface area contributed by atoms with E-state index < -0.39 is 6.04 Å². The van der Waals surface area contributed by atoms with E-state index in [1.165, 1.54) is 17.0 Å². The van der Waals surface area contributed by atoms with E-state index in [1.807, 2.05) is 20.8 Å². The number of nitrogens with zero attached hydrogens (tertiary/aromatic N) is 1. The molecule has 0 spiro atoms. The zero-order valence-electron chi connectivity index (χ0n) is 11.2. The first-order chi connectivity index (χ1) is 8.51. The number of nitrogens with two attached hydrogens (primary N) is 1. The minimum absolute atomic E-state index is 0.111. The monoisotopic (exact) mass is 252 g/mol. The van der Waals surface area contributed by atoms with Crippen molar-refractivity contribution < 1.29 is 9.18 Å². The fraction of sp³-hybridized carbons (Fsp3) is 0.500. The Hall–Kier alpha value is -1.42. The minimum Gasteiger partial charge on any atom is -0.320 e. The van der Waals surface area contributed by atoms with Gasteiger partial charge in [-0.3, -0.25) is 4.79 Å². The van der Waals surface area contributed by atoms with Crippen molar-refractivity contribution in [3.05, 3.63) is 30.1 Å². The average Bonchev–Trinajstić information content (AvgIpc) is 2.37. The van der Waals surface area contributed by atoms with Gasteiger partial charge in [0.05, 0.1) is 6.04 Å². The number of carbonyl (C=O) groups excluding carboxylic acids is 1. The van der Waals surface area contributed by atoms with Gasteiger partial charge in [0.2, 0.25) is 5.91 Å². The highest BCUT2D eigenvalue weighted by Gasteiger charge is 2.25. The second-order valence-electron chi connectivity index (χ2n) is 4.47. The highest BCUT2D eigenvalue weighted by atomic mass is 19.1. The van der Waals surface area contributed by atoms with E-state index in [1.54, 1.807) is 12.1 Å². The highest BCUT2D eigenvalue weighted by molar-refractivity contribution is 5.97. The van der Waals surface area contributed by atoms with Crippen LogP contribution >= 0.6 is 0 Å². The van der Waals surface area contributed by atoms with Gasteiger partial charge in [0.1, 0.15) is 5.82 Å². The molecule has 18 heavy (non-hydrogen) atoms. The molecule has 0 aromatic heterocycles. The molecule has 4 heteroatoms. The Morgan fingerprint density at radius 1 is 1.44 bits per heavy atom. The molecule has 0 bridgehead atoms. The van der Waals surface area contributed by atoms with Crippen LogP contribution in [-0.4, -0.2) is 18.5 Å². The third-order valence-corrected chi connectivity index (χ3v) is 3.24. The van der Waals surface area contributed by atoms with Crippen LogP contribution in [0, 0.1) is 11.7 Å². The van der Waals surface area contributed by atoms with Gasteiger partial charge in [0, 0.05) is 12.2 Å². The summed E-state index contributed by atoms with van der Waals surface area (Å²) in [6, 6.07) is 5.47. The van der Waals surface area contributed by atoms with Crippen LogP contribution < -0.4 is 10.6 Å². The first kappa shape index (κ1) is 14.6. The van der Waals surface area contributed by atoms with Crippen molar-refractivity contribution in [3.8, 4) is 0 Å². The fourth-order valence-corrected chi connectivity index (χ4v) is 1.79. The molecule has 0 heterocycles. The quantitative estimate of drug-likeness (QED) is 0.875. The lowest BCUT2D eigenvalue weighted by Gasteiger charge is -2.27. The molecule has 0 radical (unpaired) electrons. The normalized spacial score (nSPS) is 14.1. The van der Waals surface area contributed by atoms with Crippen LogP contribution in [0.4, 0.5) is 10.1 Å². The van der Waals surface area contributed by atoms with E-state index in [-0.39, 0.29) is 17.6 Å². The Bertz CT molecular complexity index is 409. The lowest BCUT2D eigenvalue weighted by molar-refractivity contribution is -0.120. The molecule has 0 aliphatic heterocycles. The number of anilines is 1. The Labute approximate surface area is 108 Å². The van der Waals surface area contributed by atoms with Crippen molar-refractivity contribution in [2.24, 2.45) is 11.7 Å². The van der Waals surface area contributed by atoms with Gasteiger partial charge in [0.25, 0.3) is 0 Å². The number of benzene rings is 1. The summed E-state index contributed by atoms with van der Waals surface area (Å²) >= 11 is 0. The molecule has 1 amide bonds. The summed E-state index contributed by atoms with van der Waals surface area (Å²) in [5.41, 5.74) is 6.49. The molecule has 0 saturated heterocycles. The van der Waals surface area contributed by atoms with Crippen molar-refractivity contribution in [1.29, 1.82) is 0 Å². The van der Waals surface area contributed by atoms with Gasteiger partial charge in [-0.15, -0.1) is 0 Å². The summed E-state index contributed by atoms with van der Waals surface area (Å²) in [5.74, 6) is -0.395. The number of rotatable bonds is 5. The lowest BCUT2D eigenvalue weighted by Crippen LogP contribution is -2.47. The first-order valence-electron chi connectivity index (χ1n) is 6.33. The summed E-state index contributed by atoms with van der Waals surface area (Å²) in [5, 5.41) is 0. The van der Waals surface area contributed by atoms with Crippen molar-refractivity contribution in [2.45, 2.75) is 33.2 Å². The number of amides is 1. The molecule has 1 aromatic carbocycles. The van der Waals surface area contributed by atoms with Crippen LogP contribution in [0.25, 0.3) is 0 Å². The maximum atomic E-state index is 13.2. The molecule has 0 fully saturated rings. The predicted octanol–water partition coefficient (Wildman–Crippen LogP) is 2.55. The van der Waals surface area contributed by atoms with E-state index >= 15 is 0 Å². The molecule has 100 valence electrons. The molecule has 2 unspecified atom stereocenters. The van der Waals surface area contributed by atoms with E-state index in [4.69, 9.17) is 5.73 Å².